The molecule has 0 fully saturated rings. The molecule has 1 aliphatic rings. The van der Waals surface area contributed by atoms with Crippen molar-refractivity contribution in [2.75, 3.05) is 27.4 Å². The Bertz CT molecular complexity index is 379. The summed E-state index contributed by atoms with van der Waals surface area (Å²) in [5.74, 6) is 0.687. The Labute approximate surface area is 118 Å². The standard InChI is InChI=1S/C15H28O3Si/c1-11(2)15(10-18-4)8-13(16)14(19(5,6)7)12(15)9-17-3/h11H,8-10H2,1-7H3. The van der Waals surface area contributed by atoms with E-state index in [-0.39, 0.29) is 5.41 Å². The molecule has 0 saturated heterocycles. The Kier molecular flexibility index (Phi) is 5.15. The summed E-state index contributed by atoms with van der Waals surface area (Å²) < 4.78 is 10.9. The highest BCUT2D eigenvalue weighted by molar-refractivity contribution is 6.87. The molecule has 0 aromatic carbocycles. The summed E-state index contributed by atoms with van der Waals surface area (Å²) in [6.45, 7) is 12.2. The van der Waals surface area contributed by atoms with E-state index < -0.39 is 8.07 Å². The molecule has 0 heterocycles. The van der Waals surface area contributed by atoms with Gasteiger partial charge in [-0.2, -0.15) is 0 Å². The van der Waals surface area contributed by atoms with Gasteiger partial charge in [-0.15, -0.1) is 0 Å². The summed E-state index contributed by atoms with van der Waals surface area (Å²) in [5.41, 5.74) is 1.04. The normalized spacial score (nSPS) is 24.7. The van der Waals surface area contributed by atoms with Crippen molar-refractivity contribution in [3.8, 4) is 0 Å². The van der Waals surface area contributed by atoms with Gasteiger partial charge in [0.15, 0.2) is 5.78 Å². The van der Waals surface area contributed by atoms with Gasteiger partial charge in [-0.25, -0.2) is 0 Å². The molecule has 0 bridgehead atoms. The van der Waals surface area contributed by atoms with Crippen LogP contribution in [0.2, 0.25) is 19.6 Å². The molecule has 110 valence electrons. The first-order chi connectivity index (χ1) is 8.70. The van der Waals surface area contributed by atoms with Crippen LogP contribution in [0.1, 0.15) is 20.3 Å². The fraction of sp³-hybridized carbons (Fsp3) is 0.800. The number of Topliss-reactive ketones (excluding diaryl/α,β-unsaturated/α-hetero) is 1. The van der Waals surface area contributed by atoms with Gasteiger partial charge in [0.1, 0.15) is 0 Å². The highest BCUT2D eigenvalue weighted by atomic mass is 28.3. The number of carbonyl (C=O) groups is 1. The van der Waals surface area contributed by atoms with Crippen molar-refractivity contribution < 1.29 is 14.3 Å². The fourth-order valence-electron chi connectivity index (χ4n) is 3.24. The molecule has 0 N–H and O–H groups in total. The molecule has 4 heteroatoms. The topological polar surface area (TPSA) is 35.5 Å². The summed E-state index contributed by atoms with van der Waals surface area (Å²) >= 11 is 0. The van der Waals surface area contributed by atoms with Crippen molar-refractivity contribution in [1.29, 1.82) is 0 Å². The molecular formula is C15H28O3Si. The Morgan fingerprint density at radius 3 is 2.16 bits per heavy atom. The molecule has 1 aliphatic carbocycles. The van der Waals surface area contributed by atoms with Crippen LogP contribution in [-0.4, -0.2) is 41.3 Å². The minimum Gasteiger partial charge on any atom is -0.384 e. The molecule has 0 radical (unpaired) electrons. The smallest absolute Gasteiger partial charge is 0.155 e. The Morgan fingerprint density at radius 2 is 1.79 bits per heavy atom. The second-order valence-corrected chi connectivity index (χ2v) is 11.9. The lowest BCUT2D eigenvalue weighted by molar-refractivity contribution is -0.116. The quantitative estimate of drug-likeness (QED) is 0.703. The van der Waals surface area contributed by atoms with Gasteiger partial charge in [0.25, 0.3) is 0 Å². The molecule has 1 rings (SSSR count). The van der Waals surface area contributed by atoms with Gasteiger partial charge in [-0.1, -0.05) is 33.5 Å². The van der Waals surface area contributed by atoms with Crippen molar-refractivity contribution in [1.82, 2.24) is 0 Å². The van der Waals surface area contributed by atoms with E-state index >= 15 is 0 Å². The van der Waals surface area contributed by atoms with Crippen LogP contribution in [0.4, 0.5) is 0 Å². The van der Waals surface area contributed by atoms with Crippen molar-refractivity contribution in [2.45, 2.75) is 39.9 Å². The van der Waals surface area contributed by atoms with Crippen molar-refractivity contribution >= 4 is 13.9 Å². The van der Waals surface area contributed by atoms with Gasteiger partial charge >= 0.3 is 0 Å². The maximum absolute atomic E-state index is 12.6. The van der Waals surface area contributed by atoms with E-state index in [1.165, 1.54) is 5.57 Å². The molecule has 1 unspecified atom stereocenters. The van der Waals surface area contributed by atoms with Crippen LogP contribution in [0, 0.1) is 11.3 Å². The van der Waals surface area contributed by atoms with Crippen molar-refractivity contribution in [3.05, 3.63) is 10.8 Å². The lowest BCUT2D eigenvalue weighted by Gasteiger charge is -2.36. The number of rotatable bonds is 6. The first-order valence-electron chi connectivity index (χ1n) is 6.96. The molecule has 0 aromatic rings. The molecule has 3 nitrogen and oxygen atoms in total. The Hall–Kier alpha value is -0.453. The maximum atomic E-state index is 12.6. The van der Waals surface area contributed by atoms with E-state index in [0.717, 1.165) is 5.20 Å². The van der Waals surface area contributed by atoms with E-state index in [0.29, 0.717) is 31.3 Å². The zero-order valence-corrected chi connectivity index (χ0v) is 14.4. The minimum atomic E-state index is -1.66. The third-order valence-corrected chi connectivity index (χ3v) is 6.28. The number of ether oxygens (including phenoxy) is 2. The maximum Gasteiger partial charge on any atom is 0.155 e. The van der Waals surface area contributed by atoms with Crippen LogP contribution >= 0.6 is 0 Å². The molecule has 0 saturated carbocycles. The van der Waals surface area contributed by atoms with Crippen LogP contribution in [0.15, 0.2) is 10.8 Å². The summed E-state index contributed by atoms with van der Waals surface area (Å²) in [6, 6.07) is 0. The second-order valence-electron chi connectivity index (χ2n) is 6.88. The van der Waals surface area contributed by atoms with Gasteiger partial charge in [0.05, 0.1) is 21.3 Å². The van der Waals surface area contributed by atoms with Gasteiger partial charge in [0.2, 0.25) is 0 Å². The monoisotopic (exact) mass is 284 g/mol. The molecule has 19 heavy (non-hydrogen) atoms. The van der Waals surface area contributed by atoms with Gasteiger partial charge in [0, 0.05) is 26.1 Å². The van der Waals surface area contributed by atoms with E-state index in [4.69, 9.17) is 9.47 Å². The van der Waals surface area contributed by atoms with E-state index in [9.17, 15) is 4.79 Å². The summed E-state index contributed by atoms with van der Waals surface area (Å²) in [5, 5.41) is 1.08. The number of allylic oxidation sites excluding steroid dienone is 1. The SMILES string of the molecule is COCC1=C([Si](C)(C)C)C(=O)CC1(COC)C(C)C. The van der Waals surface area contributed by atoms with Crippen molar-refractivity contribution in [2.24, 2.45) is 11.3 Å². The summed E-state index contributed by atoms with van der Waals surface area (Å²) in [4.78, 5) is 12.6. The Balaban J connectivity index is 3.42. The van der Waals surface area contributed by atoms with Gasteiger partial charge in [-0.05, 0) is 16.7 Å². The average molecular weight is 284 g/mol. The second kappa shape index (κ2) is 5.90. The number of methoxy groups -OCH3 is 2. The number of ketones is 1. The van der Waals surface area contributed by atoms with Crippen LogP contribution in [0.3, 0.4) is 0 Å². The number of carbonyl (C=O) groups excluding carboxylic acids is 1. The van der Waals surface area contributed by atoms with E-state index in [1.807, 2.05) is 0 Å². The highest BCUT2D eigenvalue weighted by Crippen LogP contribution is 2.49. The molecule has 0 aliphatic heterocycles. The third-order valence-electron chi connectivity index (χ3n) is 4.20. The first kappa shape index (κ1) is 16.6. The molecular weight excluding hydrogens is 256 g/mol. The van der Waals surface area contributed by atoms with Gasteiger partial charge < -0.3 is 9.47 Å². The number of hydrogen-bond donors (Lipinski definition) is 0. The Morgan fingerprint density at radius 1 is 1.21 bits per heavy atom. The molecule has 0 aromatic heterocycles. The fourth-order valence-corrected chi connectivity index (χ4v) is 5.40. The molecule has 0 spiro atoms. The lowest BCUT2D eigenvalue weighted by atomic mass is 9.72. The summed E-state index contributed by atoms with van der Waals surface area (Å²) in [7, 11) is 1.76. The molecule has 0 amide bonds. The summed E-state index contributed by atoms with van der Waals surface area (Å²) in [6.07, 6.45) is 0.580. The highest BCUT2D eigenvalue weighted by Gasteiger charge is 2.50. The van der Waals surface area contributed by atoms with Crippen LogP contribution in [-0.2, 0) is 14.3 Å². The van der Waals surface area contributed by atoms with Crippen molar-refractivity contribution in [3.63, 3.8) is 0 Å². The zero-order chi connectivity index (χ0) is 14.8. The van der Waals surface area contributed by atoms with Crippen LogP contribution in [0.25, 0.3) is 0 Å². The number of hydrogen-bond acceptors (Lipinski definition) is 3. The predicted molar refractivity (Wildman–Crippen MR) is 81.0 cm³/mol. The van der Waals surface area contributed by atoms with Gasteiger partial charge in [-0.3, -0.25) is 4.79 Å². The first-order valence-corrected chi connectivity index (χ1v) is 10.5. The molecule has 1 atom stereocenters. The lowest BCUT2D eigenvalue weighted by Crippen LogP contribution is -2.35. The minimum absolute atomic E-state index is 0.169. The average Bonchev–Trinajstić information content (AvgIpc) is 2.53. The van der Waals surface area contributed by atoms with Crippen LogP contribution < -0.4 is 0 Å². The predicted octanol–water partition coefficient (Wildman–Crippen LogP) is 3.07. The zero-order valence-electron chi connectivity index (χ0n) is 13.4. The van der Waals surface area contributed by atoms with E-state index in [2.05, 4.69) is 33.5 Å². The largest absolute Gasteiger partial charge is 0.384 e. The van der Waals surface area contributed by atoms with E-state index in [1.54, 1.807) is 14.2 Å². The van der Waals surface area contributed by atoms with Crippen LogP contribution in [0.5, 0.6) is 0 Å². The third kappa shape index (κ3) is 3.01.